The van der Waals surface area contributed by atoms with Gasteiger partial charge in [-0.15, -0.1) is 0 Å². The van der Waals surface area contributed by atoms with Crippen molar-refractivity contribution in [2.24, 2.45) is 11.0 Å². The lowest BCUT2D eigenvalue weighted by Crippen LogP contribution is -2.50. The van der Waals surface area contributed by atoms with Gasteiger partial charge in [-0.25, -0.2) is 0 Å². The smallest absolute Gasteiger partial charge is 0.187 e. The molecule has 0 spiro atoms. The molecule has 2 rings (SSSR count). The topological polar surface area (TPSA) is 36.4 Å². The molecule has 1 aliphatic carbocycles. The maximum atomic E-state index is 5.09. The van der Waals surface area contributed by atoms with Gasteiger partial charge in [-0.2, -0.15) is 5.10 Å². The van der Waals surface area contributed by atoms with Crippen molar-refractivity contribution >= 4 is 23.0 Å². The van der Waals surface area contributed by atoms with Gasteiger partial charge in [-0.1, -0.05) is 0 Å². The molecular formula is C9H15N3S. The van der Waals surface area contributed by atoms with Crippen LogP contribution in [0.15, 0.2) is 5.10 Å². The van der Waals surface area contributed by atoms with Gasteiger partial charge in [0.15, 0.2) is 5.11 Å². The van der Waals surface area contributed by atoms with Crippen LogP contribution in [0.25, 0.3) is 0 Å². The van der Waals surface area contributed by atoms with Crippen molar-refractivity contribution in [3.8, 4) is 0 Å². The molecule has 3 nitrogen and oxygen atoms in total. The van der Waals surface area contributed by atoms with Crippen LogP contribution in [0.2, 0.25) is 0 Å². The Morgan fingerprint density at radius 1 is 1.54 bits per heavy atom. The SMILES string of the molecule is CC1(C)NC(=S)NN=C2CCCC21. The van der Waals surface area contributed by atoms with Gasteiger partial charge in [0.25, 0.3) is 0 Å². The number of nitrogens with zero attached hydrogens (tertiary/aromatic N) is 1. The first-order chi connectivity index (χ1) is 6.09. The summed E-state index contributed by atoms with van der Waals surface area (Å²) in [4.78, 5) is 0. The van der Waals surface area contributed by atoms with E-state index in [1.807, 2.05) is 0 Å². The number of nitrogens with one attached hydrogen (secondary N) is 2. The molecule has 0 saturated heterocycles. The third kappa shape index (κ3) is 1.55. The molecule has 0 amide bonds. The molecule has 1 heterocycles. The minimum atomic E-state index is 0.0515. The van der Waals surface area contributed by atoms with E-state index in [2.05, 4.69) is 29.7 Å². The van der Waals surface area contributed by atoms with Crippen LogP contribution in [0.5, 0.6) is 0 Å². The summed E-state index contributed by atoms with van der Waals surface area (Å²) in [5.74, 6) is 0.542. The van der Waals surface area contributed by atoms with E-state index >= 15 is 0 Å². The minimum absolute atomic E-state index is 0.0515. The first-order valence-corrected chi connectivity index (χ1v) is 5.15. The van der Waals surface area contributed by atoms with Crippen molar-refractivity contribution in [1.29, 1.82) is 0 Å². The molecule has 72 valence electrons. The number of hydrogen-bond donors (Lipinski definition) is 2. The summed E-state index contributed by atoms with van der Waals surface area (Å²) in [5, 5.41) is 8.27. The highest BCUT2D eigenvalue weighted by Gasteiger charge is 2.38. The maximum Gasteiger partial charge on any atom is 0.187 e. The van der Waals surface area contributed by atoms with E-state index in [1.165, 1.54) is 18.6 Å². The zero-order valence-electron chi connectivity index (χ0n) is 8.05. The van der Waals surface area contributed by atoms with Gasteiger partial charge >= 0.3 is 0 Å². The Labute approximate surface area is 84.0 Å². The first kappa shape index (κ1) is 8.94. The van der Waals surface area contributed by atoms with Crippen molar-refractivity contribution in [3.05, 3.63) is 0 Å². The summed E-state index contributed by atoms with van der Waals surface area (Å²) < 4.78 is 0. The first-order valence-electron chi connectivity index (χ1n) is 4.74. The molecule has 0 aromatic rings. The van der Waals surface area contributed by atoms with Crippen LogP contribution in [0.3, 0.4) is 0 Å². The number of hydrazone groups is 1. The van der Waals surface area contributed by atoms with Crippen LogP contribution in [-0.4, -0.2) is 16.4 Å². The van der Waals surface area contributed by atoms with Crippen molar-refractivity contribution in [2.75, 3.05) is 0 Å². The largest absolute Gasteiger partial charge is 0.356 e. The fraction of sp³-hybridized carbons (Fsp3) is 0.778. The van der Waals surface area contributed by atoms with Gasteiger partial charge in [0.2, 0.25) is 0 Å². The zero-order chi connectivity index (χ0) is 9.47. The average molecular weight is 197 g/mol. The summed E-state index contributed by atoms with van der Waals surface area (Å²) in [6, 6.07) is 0. The van der Waals surface area contributed by atoms with Gasteiger partial charge < -0.3 is 5.32 Å². The molecule has 1 unspecified atom stereocenters. The molecule has 0 aromatic carbocycles. The summed E-state index contributed by atoms with van der Waals surface area (Å²) in [6.45, 7) is 4.38. The van der Waals surface area contributed by atoms with Gasteiger partial charge in [0, 0.05) is 17.2 Å². The normalized spacial score (nSPS) is 31.1. The predicted octanol–water partition coefficient (Wildman–Crippen LogP) is 1.40. The average Bonchev–Trinajstić information content (AvgIpc) is 2.44. The fourth-order valence-corrected chi connectivity index (χ4v) is 2.58. The number of thiocarbonyl (C=S) groups is 1. The lowest BCUT2D eigenvalue weighted by Gasteiger charge is -2.31. The van der Waals surface area contributed by atoms with Gasteiger partial charge in [0.05, 0.1) is 0 Å². The standard InChI is InChI=1S/C9H15N3S/c1-9(2)6-4-3-5-7(6)11-12-8(13)10-9/h6H,3-5H2,1-2H3,(H2,10,12,13). The number of rotatable bonds is 0. The van der Waals surface area contributed by atoms with Crippen LogP contribution in [0.1, 0.15) is 33.1 Å². The molecular weight excluding hydrogens is 182 g/mol. The molecule has 4 heteroatoms. The Morgan fingerprint density at radius 3 is 3.08 bits per heavy atom. The quantitative estimate of drug-likeness (QED) is 0.576. The van der Waals surface area contributed by atoms with E-state index in [-0.39, 0.29) is 5.54 Å². The summed E-state index contributed by atoms with van der Waals surface area (Å²) >= 11 is 5.09. The lowest BCUT2D eigenvalue weighted by atomic mass is 9.85. The van der Waals surface area contributed by atoms with Gasteiger partial charge in [-0.3, -0.25) is 5.43 Å². The van der Waals surface area contributed by atoms with Crippen LogP contribution < -0.4 is 10.7 Å². The maximum absolute atomic E-state index is 5.09. The molecule has 0 radical (unpaired) electrons. The monoisotopic (exact) mass is 197 g/mol. The molecule has 2 aliphatic rings. The third-order valence-electron chi connectivity index (χ3n) is 2.94. The van der Waals surface area contributed by atoms with E-state index in [0.29, 0.717) is 11.0 Å². The number of fused-ring (bicyclic) bond motifs is 1. The van der Waals surface area contributed by atoms with Crippen LogP contribution >= 0.6 is 12.2 Å². The Morgan fingerprint density at radius 2 is 2.31 bits per heavy atom. The van der Waals surface area contributed by atoms with Crippen LogP contribution in [-0.2, 0) is 0 Å². The second-order valence-corrected chi connectivity index (χ2v) is 4.74. The number of hydrogen-bond acceptors (Lipinski definition) is 2. The Kier molecular flexibility index (Phi) is 2.02. The van der Waals surface area contributed by atoms with E-state index in [1.54, 1.807) is 0 Å². The lowest BCUT2D eigenvalue weighted by molar-refractivity contribution is 0.363. The van der Waals surface area contributed by atoms with E-state index < -0.39 is 0 Å². The second kappa shape index (κ2) is 2.94. The molecule has 1 aliphatic heterocycles. The summed E-state index contributed by atoms with van der Waals surface area (Å²) in [7, 11) is 0. The zero-order valence-corrected chi connectivity index (χ0v) is 8.87. The minimum Gasteiger partial charge on any atom is -0.356 e. The molecule has 0 aromatic heterocycles. The second-order valence-electron chi connectivity index (χ2n) is 4.34. The van der Waals surface area contributed by atoms with Crippen LogP contribution in [0, 0.1) is 5.92 Å². The summed E-state index contributed by atoms with van der Waals surface area (Å²) in [6.07, 6.45) is 3.59. The Balaban J connectivity index is 2.31. The molecule has 1 saturated carbocycles. The van der Waals surface area contributed by atoms with E-state index in [9.17, 15) is 0 Å². The van der Waals surface area contributed by atoms with Crippen LogP contribution in [0.4, 0.5) is 0 Å². The van der Waals surface area contributed by atoms with Crippen molar-refractivity contribution in [1.82, 2.24) is 10.7 Å². The Bertz CT molecular complexity index is 270. The van der Waals surface area contributed by atoms with Crippen molar-refractivity contribution in [3.63, 3.8) is 0 Å². The summed E-state index contributed by atoms with van der Waals surface area (Å²) in [5.41, 5.74) is 4.21. The van der Waals surface area contributed by atoms with Crippen molar-refractivity contribution in [2.45, 2.75) is 38.6 Å². The predicted molar refractivity (Wildman–Crippen MR) is 57.7 cm³/mol. The molecule has 1 fully saturated rings. The van der Waals surface area contributed by atoms with Gasteiger partial charge in [0.1, 0.15) is 0 Å². The fourth-order valence-electron chi connectivity index (χ4n) is 2.27. The molecule has 13 heavy (non-hydrogen) atoms. The highest BCUT2D eigenvalue weighted by Crippen LogP contribution is 2.32. The Hall–Kier alpha value is -0.640. The van der Waals surface area contributed by atoms with Gasteiger partial charge in [-0.05, 0) is 45.3 Å². The van der Waals surface area contributed by atoms with Crippen molar-refractivity contribution < 1.29 is 0 Å². The molecule has 1 atom stereocenters. The highest BCUT2D eigenvalue weighted by molar-refractivity contribution is 7.80. The highest BCUT2D eigenvalue weighted by atomic mass is 32.1. The third-order valence-corrected chi connectivity index (χ3v) is 3.13. The van der Waals surface area contributed by atoms with E-state index in [0.717, 1.165) is 6.42 Å². The molecule has 0 bridgehead atoms. The molecule has 2 N–H and O–H groups in total. The van der Waals surface area contributed by atoms with E-state index in [4.69, 9.17) is 12.2 Å².